The molecule has 8 heteroatoms. The topological polar surface area (TPSA) is 99.1 Å². The average molecular weight is 320 g/mol. The number of ether oxygens (including phenoxy) is 2. The van der Waals surface area contributed by atoms with Gasteiger partial charge in [0.25, 0.3) is 0 Å². The molecule has 122 valence electrons. The molecular formula is C13H24O7Si. The fourth-order valence-electron chi connectivity index (χ4n) is 1.31. The molecule has 0 radical (unpaired) electrons. The van der Waals surface area contributed by atoms with Gasteiger partial charge in [0.15, 0.2) is 8.32 Å². The van der Waals surface area contributed by atoms with Crippen molar-refractivity contribution in [2.75, 3.05) is 7.11 Å². The van der Waals surface area contributed by atoms with E-state index in [2.05, 4.69) is 9.47 Å². The zero-order valence-electron chi connectivity index (χ0n) is 13.4. The van der Waals surface area contributed by atoms with Gasteiger partial charge in [0, 0.05) is 0 Å². The molecule has 1 N–H and O–H groups in total. The van der Waals surface area contributed by atoms with Crippen LogP contribution < -0.4 is 0 Å². The Bertz CT molecular complexity index is 398. The summed E-state index contributed by atoms with van der Waals surface area (Å²) in [6.45, 7) is 9.92. The molecule has 7 nitrogen and oxygen atoms in total. The minimum atomic E-state index is -2.24. The number of rotatable bonds is 6. The van der Waals surface area contributed by atoms with Crippen LogP contribution in [-0.4, -0.2) is 44.7 Å². The Balaban J connectivity index is 4.85. The van der Waals surface area contributed by atoms with Crippen LogP contribution in [-0.2, 0) is 23.5 Å². The predicted octanol–water partition coefficient (Wildman–Crippen LogP) is 2.55. The number of esters is 1. The lowest BCUT2D eigenvalue weighted by Crippen LogP contribution is -2.45. The largest absolute Gasteiger partial charge is 0.515 e. The van der Waals surface area contributed by atoms with Gasteiger partial charge in [0.1, 0.15) is 0 Å². The maximum absolute atomic E-state index is 11.6. The summed E-state index contributed by atoms with van der Waals surface area (Å²) in [4.78, 5) is 33.3. The molecule has 0 spiro atoms. The predicted molar refractivity (Wildman–Crippen MR) is 77.4 cm³/mol. The summed E-state index contributed by atoms with van der Waals surface area (Å²) in [6, 6.07) is 0. The molecule has 0 aromatic heterocycles. The summed E-state index contributed by atoms with van der Waals surface area (Å²) in [6.07, 6.45) is -2.60. The third-order valence-corrected chi connectivity index (χ3v) is 7.96. The van der Waals surface area contributed by atoms with E-state index in [0.29, 0.717) is 0 Å². The molecule has 0 amide bonds. The second kappa shape index (κ2) is 7.55. The van der Waals surface area contributed by atoms with Gasteiger partial charge in [-0.15, -0.1) is 0 Å². The highest BCUT2D eigenvalue weighted by Gasteiger charge is 2.40. The summed E-state index contributed by atoms with van der Waals surface area (Å²) in [5.41, 5.74) is 0. The van der Waals surface area contributed by atoms with Gasteiger partial charge in [-0.3, -0.25) is 9.59 Å². The van der Waals surface area contributed by atoms with Crippen molar-refractivity contribution in [2.24, 2.45) is 0 Å². The van der Waals surface area contributed by atoms with E-state index in [1.807, 2.05) is 33.9 Å². The summed E-state index contributed by atoms with van der Waals surface area (Å²) in [5, 5.41) is 8.79. The van der Waals surface area contributed by atoms with Crippen molar-refractivity contribution < 1.29 is 33.4 Å². The van der Waals surface area contributed by atoms with E-state index in [1.165, 1.54) is 0 Å². The molecule has 0 aliphatic carbocycles. The van der Waals surface area contributed by atoms with Gasteiger partial charge in [-0.1, -0.05) is 20.8 Å². The Hall–Kier alpha value is -1.41. The molecule has 0 fully saturated rings. The molecule has 0 rings (SSSR count). The first-order valence-electron chi connectivity index (χ1n) is 6.57. The van der Waals surface area contributed by atoms with Crippen molar-refractivity contribution in [1.82, 2.24) is 0 Å². The van der Waals surface area contributed by atoms with Crippen molar-refractivity contribution in [3.8, 4) is 0 Å². The zero-order chi connectivity index (χ0) is 16.8. The van der Waals surface area contributed by atoms with Crippen molar-refractivity contribution >= 4 is 26.4 Å². The minimum Gasteiger partial charge on any atom is -0.481 e. The molecule has 0 aliphatic heterocycles. The number of carboxylic acids is 1. The highest BCUT2D eigenvalue weighted by atomic mass is 28.4. The van der Waals surface area contributed by atoms with E-state index in [1.54, 1.807) is 0 Å². The number of aliphatic carboxylic acids is 1. The van der Waals surface area contributed by atoms with Crippen LogP contribution in [0.15, 0.2) is 0 Å². The Morgan fingerprint density at radius 1 is 1.14 bits per heavy atom. The molecule has 21 heavy (non-hydrogen) atoms. The fraction of sp³-hybridized carbons (Fsp3) is 0.769. The van der Waals surface area contributed by atoms with Gasteiger partial charge in [-0.05, 0) is 18.1 Å². The van der Waals surface area contributed by atoms with E-state index in [0.717, 1.165) is 7.11 Å². The highest BCUT2D eigenvalue weighted by Crippen LogP contribution is 2.38. The molecule has 0 aromatic rings. The second-order valence-corrected chi connectivity index (χ2v) is 11.0. The monoisotopic (exact) mass is 320 g/mol. The first-order valence-corrected chi connectivity index (χ1v) is 9.48. The standard InChI is InChI=1S/C13H24O7Si/c1-13(2,3)21(5,6)20-9(7-10(14)15)8-11(16)19-12(17)18-4/h9H,7-8H2,1-6H3,(H,14,15)/t9-/m0/s1. The van der Waals surface area contributed by atoms with Crippen LogP contribution in [0.4, 0.5) is 4.79 Å². The molecule has 0 bridgehead atoms. The third-order valence-electron chi connectivity index (χ3n) is 3.43. The van der Waals surface area contributed by atoms with Gasteiger partial charge in [-0.2, -0.15) is 0 Å². The van der Waals surface area contributed by atoms with Gasteiger partial charge in [-0.25, -0.2) is 4.79 Å². The molecule has 0 saturated heterocycles. The van der Waals surface area contributed by atoms with Gasteiger partial charge in [0.2, 0.25) is 0 Å². The van der Waals surface area contributed by atoms with E-state index in [4.69, 9.17) is 9.53 Å². The first kappa shape index (κ1) is 19.6. The van der Waals surface area contributed by atoms with E-state index >= 15 is 0 Å². The lowest BCUT2D eigenvalue weighted by atomic mass is 10.2. The molecule has 1 atom stereocenters. The Labute approximate surface area is 125 Å². The summed E-state index contributed by atoms with van der Waals surface area (Å²) in [5.74, 6) is -1.95. The highest BCUT2D eigenvalue weighted by molar-refractivity contribution is 6.74. The Morgan fingerprint density at radius 2 is 1.67 bits per heavy atom. The Kier molecular flexibility index (Phi) is 7.05. The van der Waals surface area contributed by atoms with Gasteiger partial charge in [0.05, 0.1) is 26.1 Å². The first-order chi connectivity index (χ1) is 9.39. The fourth-order valence-corrected chi connectivity index (χ4v) is 2.66. The van der Waals surface area contributed by atoms with E-state index < -0.39 is 32.5 Å². The number of hydrogen-bond acceptors (Lipinski definition) is 6. The maximum Gasteiger partial charge on any atom is 0.515 e. The van der Waals surface area contributed by atoms with Crippen molar-refractivity contribution in [1.29, 1.82) is 0 Å². The summed E-state index contributed by atoms with van der Waals surface area (Å²) in [7, 11) is -1.16. The normalized spacial score (nSPS) is 13.4. The number of carbonyl (C=O) groups is 3. The molecule has 0 saturated carbocycles. The van der Waals surface area contributed by atoms with Crippen LogP contribution in [0.25, 0.3) is 0 Å². The summed E-state index contributed by atoms with van der Waals surface area (Å²) < 4.78 is 14.5. The van der Waals surface area contributed by atoms with Crippen molar-refractivity contribution in [2.45, 2.75) is 57.8 Å². The number of carboxylic acid groups (broad SMARTS) is 1. The van der Waals surface area contributed by atoms with Crippen molar-refractivity contribution in [3.63, 3.8) is 0 Å². The van der Waals surface area contributed by atoms with Gasteiger partial charge >= 0.3 is 18.1 Å². The van der Waals surface area contributed by atoms with Gasteiger partial charge < -0.3 is 19.0 Å². The molecule has 0 aromatic carbocycles. The van der Waals surface area contributed by atoms with Crippen LogP contribution in [0.3, 0.4) is 0 Å². The SMILES string of the molecule is COC(=O)OC(=O)C[C@H](CC(=O)O)O[Si](C)(C)C(C)(C)C. The number of hydrogen-bond donors (Lipinski definition) is 1. The minimum absolute atomic E-state index is 0.129. The van der Waals surface area contributed by atoms with Crippen LogP contribution in [0.5, 0.6) is 0 Å². The van der Waals surface area contributed by atoms with Crippen LogP contribution in [0, 0.1) is 0 Å². The molecule has 0 heterocycles. The number of methoxy groups -OCH3 is 1. The quantitative estimate of drug-likeness (QED) is 0.456. The zero-order valence-corrected chi connectivity index (χ0v) is 14.4. The lowest BCUT2D eigenvalue weighted by Gasteiger charge is -2.38. The molecule has 0 unspecified atom stereocenters. The molecular weight excluding hydrogens is 296 g/mol. The van der Waals surface area contributed by atoms with Crippen LogP contribution in [0.2, 0.25) is 18.1 Å². The van der Waals surface area contributed by atoms with E-state index in [-0.39, 0.29) is 17.9 Å². The lowest BCUT2D eigenvalue weighted by molar-refractivity contribution is -0.143. The van der Waals surface area contributed by atoms with Crippen molar-refractivity contribution in [3.05, 3.63) is 0 Å². The van der Waals surface area contributed by atoms with Crippen LogP contribution >= 0.6 is 0 Å². The molecule has 0 aliphatic rings. The average Bonchev–Trinajstić information content (AvgIpc) is 2.25. The number of carbonyl (C=O) groups excluding carboxylic acids is 2. The second-order valence-electron chi connectivity index (χ2n) is 6.23. The maximum atomic E-state index is 11.6. The third kappa shape index (κ3) is 7.23. The summed E-state index contributed by atoms with van der Waals surface area (Å²) >= 11 is 0. The smallest absolute Gasteiger partial charge is 0.481 e. The Morgan fingerprint density at radius 3 is 2.05 bits per heavy atom. The van der Waals surface area contributed by atoms with Crippen LogP contribution in [0.1, 0.15) is 33.6 Å². The van der Waals surface area contributed by atoms with E-state index in [9.17, 15) is 14.4 Å².